The number of sulfonamides is 1. The SMILES string of the molecule is Cc1cc(Nc2ccc(NS(=O)(=O)c3cn(C)c(C)n3)cc2)nc(N2CCOCC2)n1. The molecule has 0 bridgehead atoms. The largest absolute Gasteiger partial charge is 0.378 e. The third-order valence-electron chi connectivity index (χ3n) is 4.91. The standard InChI is InChI=1S/C20H25N7O3S/c1-14-12-18(24-20(21-14)27-8-10-30-11-9-27)23-16-4-6-17(7-5-16)25-31(28,29)19-13-26(3)15(2)22-19/h4-7,12-13,25H,8-11H2,1-3H3,(H,21,23,24). The minimum absolute atomic E-state index is 0.0122. The maximum Gasteiger partial charge on any atom is 0.280 e. The quantitative estimate of drug-likeness (QED) is 0.596. The first-order chi connectivity index (χ1) is 14.8. The topological polar surface area (TPSA) is 114 Å². The van der Waals surface area contributed by atoms with Gasteiger partial charge >= 0.3 is 0 Å². The third kappa shape index (κ3) is 4.94. The Kier molecular flexibility index (Phi) is 5.79. The fourth-order valence-corrected chi connectivity index (χ4v) is 4.25. The van der Waals surface area contributed by atoms with E-state index in [-0.39, 0.29) is 5.03 Å². The van der Waals surface area contributed by atoms with Crippen LogP contribution in [0.3, 0.4) is 0 Å². The molecule has 164 valence electrons. The van der Waals surface area contributed by atoms with Crippen LogP contribution in [-0.4, -0.2) is 54.2 Å². The lowest BCUT2D eigenvalue weighted by Gasteiger charge is -2.27. The number of imidazole rings is 1. The molecule has 0 amide bonds. The van der Waals surface area contributed by atoms with E-state index in [0.717, 1.165) is 24.5 Å². The number of aromatic nitrogens is 4. The number of benzene rings is 1. The molecule has 1 aliphatic heterocycles. The molecule has 2 N–H and O–H groups in total. The van der Waals surface area contributed by atoms with Gasteiger partial charge in [-0.05, 0) is 38.1 Å². The van der Waals surface area contributed by atoms with Crippen molar-refractivity contribution in [2.45, 2.75) is 18.9 Å². The molecule has 10 nitrogen and oxygen atoms in total. The van der Waals surface area contributed by atoms with Gasteiger partial charge in [0.15, 0.2) is 5.03 Å². The summed E-state index contributed by atoms with van der Waals surface area (Å²) in [5.41, 5.74) is 2.08. The molecule has 0 spiro atoms. The van der Waals surface area contributed by atoms with Gasteiger partial charge in [-0.15, -0.1) is 0 Å². The molecule has 1 saturated heterocycles. The molecule has 1 aliphatic rings. The van der Waals surface area contributed by atoms with Crippen molar-refractivity contribution >= 4 is 33.2 Å². The summed E-state index contributed by atoms with van der Waals surface area (Å²) in [5, 5.41) is 3.24. The van der Waals surface area contributed by atoms with Gasteiger partial charge in [-0.1, -0.05) is 0 Å². The minimum Gasteiger partial charge on any atom is -0.378 e. The average Bonchev–Trinajstić information content (AvgIpc) is 3.09. The molecule has 0 saturated carbocycles. The van der Waals surface area contributed by atoms with Gasteiger partial charge in [-0.25, -0.2) is 9.97 Å². The molecule has 4 rings (SSSR count). The Morgan fingerprint density at radius 3 is 2.32 bits per heavy atom. The lowest BCUT2D eigenvalue weighted by Crippen LogP contribution is -2.37. The van der Waals surface area contributed by atoms with Crippen LogP contribution in [-0.2, 0) is 21.8 Å². The first-order valence-corrected chi connectivity index (χ1v) is 11.4. The van der Waals surface area contributed by atoms with Crippen molar-refractivity contribution < 1.29 is 13.2 Å². The molecule has 2 aromatic heterocycles. The smallest absolute Gasteiger partial charge is 0.280 e. The first-order valence-electron chi connectivity index (χ1n) is 9.88. The van der Waals surface area contributed by atoms with Gasteiger partial charge in [0.25, 0.3) is 10.0 Å². The average molecular weight is 444 g/mol. The van der Waals surface area contributed by atoms with Crippen LogP contribution in [0.1, 0.15) is 11.5 Å². The van der Waals surface area contributed by atoms with Crippen molar-refractivity contribution in [2.24, 2.45) is 7.05 Å². The highest BCUT2D eigenvalue weighted by atomic mass is 32.2. The van der Waals surface area contributed by atoms with Crippen LogP contribution in [0.2, 0.25) is 0 Å². The van der Waals surface area contributed by atoms with E-state index >= 15 is 0 Å². The van der Waals surface area contributed by atoms with Gasteiger partial charge in [0.1, 0.15) is 11.6 Å². The van der Waals surface area contributed by atoms with Crippen LogP contribution in [0.5, 0.6) is 0 Å². The van der Waals surface area contributed by atoms with E-state index in [9.17, 15) is 8.42 Å². The second kappa shape index (κ2) is 8.52. The Balaban J connectivity index is 1.47. The lowest BCUT2D eigenvalue weighted by atomic mass is 10.3. The van der Waals surface area contributed by atoms with Crippen LogP contribution < -0.4 is 14.9 Å². The number of morpholine rings is 1. The van der Waals surface area contributed by atoms with E-state index in [4.69, 9.17) is 4.74 Å². The highest BCUT2D eigenvalue weighted by molar-refractivity contribution is 7.92. The first kappa shape index (κ1) is 21.1. The Labute approximate surface area is 181 Å². The third-order valence-corrected chi connectivity index (χ3v) is 6.16. The molecule has 11 heteroatoms. The van der Waals surface area contributed by atoms with Crippen LogP contribution in [0.4, 0.5) is 23.1 Å². The van der Waals surface area contributed by atoms with E-state index in [2.05, 4.69) is 29.9 Å². The lowest BCUT2D eigenvalue weighted by molar-refractivity contribution is 0.122. The van der Waals surface area contributed by atoms with Crippen LogP contribution in [0, 0.1) is 13.8 Å². The zero-order valence-corrected chi connectivity index (χ0v) is 18.5. The summed E-state index contributed by atoms with van der Waals surface area (Å²) in [6.45, 7) is 6.51. The molecule has 0 radical (unpaired) electrons. The van der Waals surface area contributed by atoms with Crippen molar-refractivity contribution in [3.05, 3.63) is 48.0 Å². The monoisotopic (exact) mass is 443 g/mol. The van der Waals surface area contributed by atoms with E-state index in [1.807, 2.05) is 13.0 Å². The highest BCUT2D eigenvalue weighted by Crippen LogP contribution is 2.22. The van der Waals surface area contributed by atoms with Gasteiger partial charge < -0.3 is 19.5 Å². The molecule has 3 heterocycles. The summed E-state index contributed by atoms with van der Waals surface area (Å²) in [7, 11) is -2.00. The van der Waals surface area contributed by atoms with Gasteiger partial charge in [-0.3, -0.25) is 4.72 Å². The number of ether oxygens (including phenoxy) is 1. The predicted molar refractivity (Wildman–Crippen MR) is 118 cm³/mol. The Bertz CT molecular complexity index is 1150. The molecule has 1 fully saturated rings. The van der Waals surface area contributed by atoms with Crippen molar-refractivity contribution in [1.82, 2.24) is 19.5 Å². The zero-order valence-electron chi connectivity index (χ0n) is 17.7. The van der Waals surface area contributed by atoms with Crippen molar-refractivity contribution in [1.29, 1.82) is 0 Å². The molecule has 3 aromatic rings. The van der Waals surface area contributed by atoms with Gasteiger partial charge in [0.05, 0.1) is 13.2 Å². The fraction of sp³-hybridized carbons (Fsp3) is 0.350. The predicted octanol–water partition coefficient (Wildman–Crippen LogP) is 2.21. The Morgan fingerprint density at radius 2 is 1.68 bits per heavy atom. The summed E-state index contributed by atoms with van der Waals surface area (Å²) in [5.74, 6) is 1.96. The number of nitrogens with one attached hydrogen (secondary N) is 2. The molecule has 0 unspecified atom stereocenters. The number of aryl methyl sites for hydroxylation is 3. The molecular weight excluding hydrogens is 418 g/mol. The summed E-state index contributed by atoms with van der Waals surface area (Å²) in [6.07, 6.45) is 1.48. The second-order valence-corrected chi connectivity index (χ2v) is 8.97. The maximum absolute atomic E-state index is 12.5. The molecule has 0 aliphatic carbocycles. The zero-order chi connectivity index (χ0) is 22.0. The van der Waals surface area contributed by atoms with Gasteiger partial charge in [-0.2, -0.15) is 13.4 Å². The summed E-state index contributed by atoms with van der Waals surface area (Å²) in [4.78, 5) is 15.3. The highest BCUT2D eigenvalue weighted by Gasteiger charge is 2.19. The molecular formula is C20H25N7O3S. The van der Waals surface area contributed by atoms with Gasteiger partial charge in [0.2, 0.25) is 5.95 Å². The van der Waals surface area contributed by atoms with Crippen molar-refractivity contribution in [3.8, 4) is 0 Å². The molecule has 1 aromatic carbocycles. The normalized spacial score (nSPS) is 14.5. The van der Waals surface area contributed by atoms with Crippen LogP contribution in [0.25, 0.3) is 0 Å². The van der Waals surface area contributed by atoms with E-state index in [1.54, 1.807) is 42.8 Å². The van der Waals surface area contributed by atoms with E-state index in [1.165, 1.54) is 6.20 Å². The minimum atomic E-state index is -3.75. The van der Waals surface area contributed by atoms with Crippen LogP contribution in [0.15, 0.2) is 41.6 Å². The molecule has 0 atom stereocenters. The van der Waals surface area contributed by atoms with E-state index < -0.39 is 10.0 Å². The summed E-state index contributed by atoms with van der Waals surface area (Å²) >= 11 is 0. The summed E-state index contributed by atoms with van der Waals surface area (Å²) in [6, 6.07) is 8.81. The number of anilines is 4. The van der Waals surface area contributed by atoms with Crippen molar-refractivity contribution in [3.63, 3.8) is 0 Å². The molecule has 31 heavy (non-hydrogen) atoms. The fourth-order valence-electron chi connectivity index (χ4n) is 3.15. The van der Waals surface area contributed by atoms with Crippen molar-refractivity contribution in [2.75, 3.05) is 41.2 Å². The van der Waals surface area contributed by atoms with Gasteiger partial charge in [0, 0.05) is 49.5 Å². The number of nitrogens with zero attached hydrogens (tertiary/aromatic N) is 5. The maximum atomic E-state index is 12.5. The Morgan fingerprint density at radius 1 is 1.00 bits per heavy atom. The number of rotatable bonds is 6. The number of hydrogen-bond donors (Lipinski definition) is 2. The van der Waals surface area contributed by atoms with Crippen LogP contribution >= 0.6 is 0 Å². The summed E-state index contributed by atoms with van der Waals surface area (Å²) < 4.78 is 34.7. The Hall–Kier alpha value is -3.18. The second-order valence-electron chi connectivity index (χ2n) is 7.34. The van der Waals surface area contributed by atoms with E-state index in [0.29, 0.717) is 36.5 Å². The number of hydrogen-bond acceptors (Lipinski definition) is 8.